The highest BCUT2D eigenvalue weighted by Crippen LogP contribution is 2.53. The highest BCUT2D eigenvalue weighted by Gasteiger charge is 2.57. The van der Waals surface area contributed by atoms with E-state index in [0.717, 1.165) is 45.2 Å². The minimum Gasteiger partial charge on any atom is -0.497 e. The molecule has 1 N–H and O–H groups in total. The molecule has 1 saturated heterocycles. The Labute approximate surface area is 165 Å². The molecule has 4 atom stereocenters. The van der Waals surface area contributed by atoms with Gasteiger partial charge >= 0.3 is 0 Å². The quantitative estimate of drug-likeness (QED) is 0.851. The fourth-order valence-corrected chi connectivity index (χ4v) is 5.77. The van der Waals surface area contributed by atoms with Crippen LogP contribution in [0.2, 0.25) is 0 Å². The average molecular weight is 384 g/mol. The van der Waals surface area contributed by atoms with Crippen LogP contribution in [0.1, 0.15) is 55.3 Å². The molecule has 1 aromatic rings. The first-order valence-electron chi connectivity index (χ1n) is 10.6. The number of likely N-dealkylation sites (tertiary alicyclic amines) is 1. The lowest BCUT2D eigenvalue weighted by Crippen LogP contribution is -2.67. The van der Waals surface area contributed by atoms with E-state index in [0.29, 0.717) is 29.4 Å². The molecule has 28 heavy (non-hydrogen) atoms. The van der Waals surface area contributed by atoms with E-state index in [1.807, 2.05) is 0 Å². The van der Waals surface area contributed by atoms with Crippen LogP contribution in [0.4, 0.5) is 0 Å². The van der Waals surface area contributed by atoms with E-state index < -0.39 is 5.72 Å². The standard InChI is InChI=1S/C22H28N2O4/c1-27-16-7-8-17-19(12-16)28-22(23-20(17)25)13-14-5-6-15(22)11-18(14)21(26)24-9-3-2-4-10-24/h7-8,12,14-15,18H,2-6,9-11,13H2,1H3,(H,23,25)/t14-,15+,18-,22-/m0/s1. The number of ether oxygens (including phenoxy) is 2. The summed E-state index contributed by atoms with van der Waals surface area (Å²) in [6.07, 6.45) is 7.02. The summed E-state index contributed by atoms with van der Waals surface area (Å²) in [5, 5.41) is 3.17. The summed E-state index contributed by atoms with van der Waals surface area (Å²) in [5.41, 5.74) is -0.133. The van der Waals surface area contributed by atoms with Gasteiger partial charge in [0, 0.05) is 37.4 Å². The number of hydrogen-bond acceptors (Lipinski definition) is 4. The molecule has 3 aliphatic carbocycles. The number of amides is 2. The van der Waals surface area contributed by atoms with Crippen molar-refractivity contribution in [2.24, 2.45) is 17.8 Å². The fourth-order valence-electron chi connectivity index (χ4n) is 5.77. The van der Waals surface area contributed by atoms with Crippen LogP contribution in [-0.4, -0.2) is 42.6 Å². The highest BCUT2D eigenvalue weighted by molar-refractivity contribution is 5.98. The second-order valence-electron chi connectivity index (χ2n) is 8.77. The molecule has 1 aromatic carbocycles. The lowest BCUT2D eigenvalue weighted by atomic mass is 9.59. The van der Waals surface area contributed by atoms with Gasteiger partial charge in [0.1, 0.15) is 11.5 Å². The molecule has 6 heteroatoms. The maximum absolute atomic E-state index is 13.1. The predicted molar refractivity (Wildman–Crippen MR) is 103 cm³/mol. The summed E-state index contributed by atoms with van der Waals surface area (Å²) in [6, 6.07) is 5.33. The van der Waals surface area contributed by atoms with Crippen molar-refractivity contribution in [3.63, 3.8) is 0 Å². The Bertz CT molecular complexity index is 804. The number of hydrogen-bond donors (Lipinski definition) is 1. The van der Waals surface area contributed by atoms with Crippen LogP contribution in [0.15, 0.2) is 18.2 Å². The molecule has 1 spiro atoms. The van der Waals surface area contributed by atoms with E-state index in [9.17, 15) is 9.59 Å². The minimum atomic E-state index is -0.682. The molecule has 150 valence electrons. The first-order chi connectivity index (χ1) is 13.6. The monoisotopic (exact) mass is 384 g/mol. The van der Waals surface area contributed by atoms with Gasteiger partial charge in [-0.25, -0.2) is 0 Å². The second kappa shape index (κ2) is 6.68. The Morgan fingerprint density at radius 2 is 2.07 bits per heavy atom. The third-order valence-electron chi connectivity index (χ3n) is 7.25. The Hall–Kier alpha value is -2.24. The smallest absolute Gasteiger partial charge is 0.258 e. The molecule has 5 aliphatic rings. The summed E-state index contributed by atoms with van der Waals surface area (Å²) < 4.78 is 11.8. The normalized spacial score (nSPS) is 33.8. The van der Waals surface area contributed by atoms with Crippen LogP contribution in [0.5, 0.6) is 11.5 Å². The van der Waals surface area contributed by atoms with Crippen molar-refractivity contribution in [2.45, 2.75) is 50.7 Å². The number of carbonyl (C=O) groups is 2. The number of nitrogens with one attached hydrogen (secondary N) is 1. The summed E-state index contributed by atoms with van der Waals surface area (Å²) in [7, 11) is 1.61. The molecule has 2 heterocycles. The lowest BCUT2D eigenvalue weighted by molar-refractivity contribution is -0.156. The summed E-state index contributed by atoms with van der Waals surface area (Å²) in [5.74, 6) is 2.03. The third-order valence-corrected chi connectivity index (χ3v) is 7.25. The van der Waals surface area contributed by atoms with Gasteiger partial charge in [-0.1, -0.05) is 0 Å². The van der Waals surface area contributed by atoms with Crippen molar-refractivity contribution < 1.29 is 19.1 Å². The largest absolute Gasteiger partial charge is 0.497 e. The van der Waals surface area contributed by atoms with E-state index in [-0.39, 0.29) is 23.7 Å². The molecule has 0 aromatic heterocycles. The van der Waals surface area contributed by atoms with E-state index in [4.69, 9.17) is 9.47 Å². The van der Waals surface area contributed by atoms with Gasteiger partial charge in [0.2, 0.25) is 5.91 Å². The number of rotatable bonds is 2. The van der Waals surface area contributed by atoms with Gasteiger partial charge < -0.3 is 19.7 Å². The molecule has 3 saturated carbocycles. The third kappa shape index (κ3) is 2.76. The van der Waals surface area contributed by atoms with Crippen LogP contribution in [0.25, 0.3) is 0 Å². The fraction of sp³-hybridized carbons (Fsp3) is 0.636. The first kappa shape index (κ1) is 17.8. The zero-order chi connectivity index (χ0) is 19.3. The van der Waals surface area contributed by atoms with E-state index in [1.165, 1.54) is 6.42 Å². The van der Waals surface area contributed by atoms with E-state index >= 15 is 0 Å². The number of nitrogens with zero attached hydrogens (tertiary/aromatic N) is 1. The molecule has 0 unspecified atom stereocenters. The molecule has 2 amide bonds. The summed E-state index contributed by atoms with van der Waals surface area (Å²) in [6.45, 7) is 1.80. The maximum Gasteiger partial charge on any atom is 0.258 e. The van der Waals surface area contributed by atoms with Crippen molar-refractivity contribution in [1.82, 2.24) is 10.2 Å². The van der Waals surface area contributed by atoms with Crippen molar-refractivity contribution >= 4 is 11.8 Å². The van der Waals surface area contributed by atoms with Crippen LogP contribution in [0, 0.1) is 17.8 Å². The number of piperidine rings is 1. The zero-order valence-electron chi connectivity index (χ0n) is 16.4. The Morgan fingerprint density at radius 3 is 2.79 bits per heavy atom. The Kier molecular flexibility index (Phi) is 4.25. The first-order valence-corrected chi connectivity index (χ1v) is 10.6. The molecule has 0 radical (unpaired) electrons. The van der Waals surface area contributed by atoms with Gasteiger partial charge in [0.15, 0.2) is 5.72 Å². The SMILES string of the molecule is COc1ccc2c(c1)O[C@]1(C[C@@H]3CC[C@@H]1C[C@@H]3C(=O)N1CCCCC1)NC2=O. The number of methoxy groups -OCH3 is 1. The van der Waals surface area contributed by atoms with Crippen LogP contribution in [0.3, 0.4) is 0 Å². The van der Waals surface area contributed by atoms with Gasteiger partial charge in [-0.05, 0) is 56.6 Å². The van der Waals surface area contributed by atoms with Gasteiger partial charge in [0.05, 0.1) is 12.7 Å². The predicted octanol–water partition coefficient (Wildman–Crippen LogP) is 2.96. The van der Waals surface area contributed by atoms with Crippen molar-refractivity contribution in [2.75, 3.05) is 20.2 Å². The molecule has 2 aliphatic heterocycles. The number of carbonyl (C=O) groups excluding carboxylic acids is 2. The van der Waals surface area contributed by atoms with Crippen LogP contribution < -0.4 is 14.8 Å². The Morgan fingerprint density at radius 1 is 1.25 bits per heavy atom. The van der Waals surface area contributed by atoms with Crippen LogP contribution in [-0.2, 0) is 4.79 Å². The Balaban J connectivity index is 1.38. The maximum atomic E-state index is 13.1. The van der Waals surface area contributed by atoms with E-state index in [1.54, 1.807) is 25.3 Å². The molecular weight excluding hydrogens is 356 g/mol. The summed E-state index contributed by atoms with van der Waals surface area (Å²) in [4.78, 5) is 28.0. The lowest BCUT2D eigenvalue weighted by Gasteiger charge is -2.55. The number of fused-ring (bicyclic) bond motifs is 3. The van der Waals surface area contributed by atoms with Crippen LogP contribution >= 0.6 is 0 Å². The second-order valence-corrected chi connectivity index (χ2v) is 8.77. The molecule has 4 fully saturated rings. The van der Waals surface area contributed by atoms with Crippen molar-refractivity contribution in [3.8, 4) is 11.5 Å². The highest BCUT2D eigenvalue weighted by atomic mass is 16.5. The van der Waals surface area contributed by atoms with Crippen molar-refractivity contribution in [1.29, 1.82) is 0 Å². The molecule has 6 nitrogen and oxygen atoms in total. The van der Waals surface area contributed by atoms with Gasteiger partial charge in [0.25, 0.3) is 5.91 Å². The summed E-state index contributed by atoms with van der Waals surface area (Å²) >= 11 is 0. The van der Waals surface area contributed by atoms with Crippen molar-refractivity contribution in [3.05, 3.63) is 23.8 Å². The average Bonchev–Trinajstić information content (AvgIpc) is 2.73. The zero-order valence-corrected chi connectivity index (χ0v) is 16.4. The molecule has 2 bridgehead atoms. The molecule has 6 rings (SSSR count). The van der Waals surface area contributed by atoms with Gasteiger partial charge in [-0.15, -0.1) is 0 Å². The number of benzene rings is 1. The minimum absolute atomic E-state index is 0.0784. The van der Waals surface area contributed by atoms with Gasteiger partial charge in [-0.2, -0.15) is 0 Å². The van der Waals surface area contributed by atoms with E-state index in [2.05, 4.69) is 10.2 Å². The topological polar surface area (TPSA) is 67.9 Å². The molecular formula is C22H28N2O4. The van der Waals surface area contributed by atoms with Gasteiger partial charge in [-0.3, -0.25) is 9.59 Å².